The van der Waals surface area contributed by atoms with Crippen molar-refractivity contribution in [2.75, 3.05) is 38.1 Å². The van der Waals surface area contributed by atoms with Crippen LogP contribution in [0.3, 0.4) is 0 Å². The number of halogens is 1. The van der Waals surface area contributed by atoms with Gasteiger partial charge in [-0.2, -0.15) is 5.10 Å². The fraction of sp³-hybridized carbons (Fsp3) is 0.278. The summed E-state index contributed by atoms with van der Waals surface area (Å²) in [7, 11) is -1.72. The Morgan fingerprint density at radius 2 is 1.73 bits per heavy atom. The maximum absolute atomic E-state index is 13.1. The summed E-state index contributed by atoms with van der Waals surface area (Å²) in [6, 6.07) is 10.4. The zero-order valence-corrected chi connectivity index (χ0v) is 15.1. The van der Waals surface area contributed by atoms with Crippen LogP contribution in [0.1, 0.15) is 0 Å². The number of piperazine rings is 1. The number of benzene rings is 2. The van der Waals surface area contributed by atoms with Crippen LogP contribution in [0.5, 0.6) is 0 Å². The summed E-state index contributed by atoms with van der Waals surface area (Å²) in [6.45, 7) is 3.62. The molecule has 0 saturated carbocycles. The van der Waals surface area contributed by atoms with Gasteiger partial charge in [-0.15, -0.1) is 0 Å². The number of aromatic amines is 1. The molecule has 0 atom stereocenters. The number of fused-ring (bicyclic) bond motifs is 1. The number of anilines is 1. The second-order valence-electron chi connectivity index (χ2n) is 6.47. The van der Waals surface area contributed by atoms with Gasteiger partial charge in [0.2, 0.25) is 9.84 Å². The van der Waals surface area contributed by atoms with E-state index in [4.69, 9.17) is 0 Å². The molecule has 1 fully saturated rings. The highest BCUT2D eigenvalue weighted by Gasteiger charge is 2.25. The minimum absolute atomic E-state index is 0.0365. The summed E-state index contributed by atoms with van der Waals surface area (Å²) < 4.78 is 39.0. The highest BCUT2D eigenvalue weighted by molar-refractivity contribution is 7.91. The van der Waals surface area contributed by atoms with Gasteiger partial charge in [0.05, 0.1) is 10.6 Å². The average Bonchev–Trinajstić information content (AvgIpc) is 3.08. The highest BCUT2D eigenvalue weighted by Crippen LogP contribution is 2.32. The van der Waals surface area contributed by atoms with Gasteiger partial charge in [0.25, 0.3) is 0 Å². The Balaban J connectivity index is 1.78. The molecule has 4 rings (SSSR count). The highest BCUT2D eigenvalue weighted by atomic mass is 32.2. The molecule has 26 heavy (non-hydrogen) atoms. The summed E-state index contributed by atoms with van der Waals surface area (Å²) in [6.07, 6.45) is 0. The second-order valence-corrected chi connectivity index (χ2v) is 8.36. The number of aromatic nitrogens is 2. The van der Waals surface area contributed by atoms with E-state index in [-0.39, 0.29) is 9.92 Å². The van der Waals surface area contributed by atoms with Crippen LogP contribution in [0.15, 0.2) is 52.4 Å². The fourth-order valence-electron chi connectivity index (χ4n) is 3.24. The van der Waals surface area contributed by atoms with E-state index in [1.165, 1.54) is 12.1 Å². The first-order valence-corrected chi connectivity index (χ1v) is 9.86. The minimum atomic E-state index is -3.81. The van der Waals surface area contributed by atoms with Crippen LogP contribution >= 0.6 is 0 Å². The number of nitrogens with one attached hydrogen (secondary N) is 1. The molecule has 1 saturated heterocycles. The lowest BCUT2D eigenvalue weighted by molar-refractivity contribution is 0.313. The van der Waals surface area contributed by atoms with Crippen LogP contribution in [-0.2, 0) is 9.84 Å². The number of H-pyrrole nitrogens is 1. The number of para-hydroxylation sites is 1. The minimum Gasteiger partial charge on any atom is -0.367 e. The van der Waals surface area contributed by atoms with E-state index in [0.29, 0.717) is 10.9 Å². The standard InChI is InChI=1S/C18H19FN4O2S/c1-22-9-11-23(12-10-22)16-4-2-3-15-17(16)20-21-18(15)26(24,25)14-7-5-13(19)6-8-14/h2-8H,9-12H2,1H3,(H,20,21). The first kappa shape index (κ1) is 17.0. The maximum Gasteiger partial charge on any atom is 0.223 e. The molecule has 1 aromatic heterocycles. The van der Waals surface area contributed by atoms with Crippen molar-refractivity contribution in [2.24, 2.45) is 0 Å². The lowest BCUT2D eigenvalue weighted by Gasteiger charge is -2.34. The molecule has 1 aliphatic heterocycles. The molecule has 0 spiro atoms. The monoisotopic (exact) mass is 374 g/mol. The molecule has 0 radical (unpaired) electrons. The Hall–Kier alpha value is -2.45. The molecule has 0 amide bonds. The number of hydrogen-bond acceptors (Lipinski definition) is 5. The van der Waals surface area contributed by atoms with Crippen LogP contribution in [-0.4, -0.2) is 56.7 Å². The molecule has 0 bridgehead atoms. The number of likely N-dealkylation sites (N-methyl/N-ethyl adjacent to an activating group) is 1. The Morgan fingerprint density at radius 1 is 1.04 bits per heavy atom. The van der Waals surface area contributed by atoms with Crippen molar-refractivity contribution in [1.29, 1.82) is 0 Å². The van der Waals surface area contributed by atoms with E-state index in [1.807, 2.05) is 12.1 Å². The van der Waals surface area contributed by atoms with Gasteiger partial charge in [0.1, 0.15) is 11.3 Å². The van der Waals surface area contributed by atoms with E-state index in [9.17, 15) is 12.8 Å². The van der Waals surface area contributed by atoms with E-state index < -0.39 is 15.7 Å². The maximum atomic E-state index is 13.1. The van der Waals surface area contributed by atoms with Gasteiger partial charge in [0, 0.05) is 31.6 Å². The number of sulfone groups is 1. The van der Waals surface area contributed by atoms with Crippen LogP contribution < -0.4 is 4.90 Å². The SMILES string of the molecule is CN1CCN(c2cccc3c(S(=O)(=O)c4ccc(F)cc4)[nH]nc23)CC1. The summed E-state index contributed by atoms with van der Waals surface area (Å²) in [4.78, 5) is 4.51. The van der Waals surface area contributed by atoms with Gasteiger partial charge in [-0.05, 0) is 43.4 Å². The van der Waals surface area contributed by atoms with Gasteiger partial charge in [-0.25, -0.2) is 12.8 Å². The Morgan fingerprint density at radius 3 is 2.42 bits per heavy atom. The third-order valence-corrected chi connectivity index (χ3v) is 6.51. The number of nitrogens with zero attached hydrogens (tertiary/aromatic N) is 3. The molecule has 2 aromatic carbocycles. The molecule has 136 valence electrons. The molecule has 0 unspecified atom stereocenters. The van der Waals surface area contributed by atoms with Gasteiger partial charge in [-0.1, -0.05) is 6.07 Å². The van der Waals surface area contributed by atoms with E-state index in [2.05, 4.69) is 27.0 Å². The number of hydrogen-bond donors (Lipinski definition) is 1. The van der Waals surface area contributed by atoms with Crippen LogP contribution in [0.4, 0.5) is 10.1 Å². The molecule has 1 N–H and O–H groups in total. The van der Waals surface area contributed by atoms with Crippen LogP contribution in [0, 0.1) is 5.82 Å². The molecule has 1 aliphatic rings. The smallest absolute Gasteiger partial charge is 0.223 e. The Kier molecular flexibility index (Phi) is 4.16. The van der Waals surface area contributed by atoms with Crippen molar-refractivity contribution in [2.45, 2.75) is 9.92 Å². The summed E-state index contributed by atoms with van der Waals surface area (Å²) >= 11 is 0. The normalized spacial score (nSPS) is 16.3. The van der Waals surface area contributed by atoms with Crippen molar-refractivity contribution in [3.8, 4) is 0 Å². The van der Waals surface area contributed by atoms with Crippen LogP contribution in [0.25, 0.3) is 10.9 Å². The van der Waals surface area contributed by atoms with Gasteiger partial charge in [0.15, 0.2) is 5.03 Å². The molecule has 3 aromatic rings. The fourth-order valence-corrected chi connectivity index (χ4v) is 4.59. The van der Waals surface area contributed by atoms with Crippen LogP contribution in [0.2, 0.25) is 0 Å². The van der Waals surface area contributed by atoms with Crippen molar-refractivity contribution in [3.05, 3.63) is 48.3 Å². The van der Waals surface area contributed by atoms with Crippen molar-refractivity contribution in [1.82, 2.24) is 15.1 Å². The third-order valence-electron chi connectivity index (χ3n) is 4.77. The molecule has 8 heteroatoms. The van der Waals surface area contributed by atoms with E-state index in [0.717, 1.165) is 44.0 Å². The quantitative estimate of drug-likeness (QED) is 0.713. The predicted molar refractivity (Wildman–Crippen MR) is 97.7 cm³/mol. The van der Waals surface area contributed by atoms with Gasteiger partial charge < -0.3 is 9.80 Å². The van der Waals surface area contributed by atoms with Gasteiger partial charge >= 0.3 is 0 Å². The molecule has 0 aliphatic carbocycles. The third kappa shape index (κ3) is 2.85. The predicted octanol–water partition coefficient (Wildman–Crippen LogP) is 2.29. The molecular formula is C18H19FN4O2S. The summed E-state index contributed by atoms with van der Waals surface area (Å²) in [5.41, 5.74) is 1.56. The van der Waals surface area contributed by atoms with Crippen molar-refractivity contribution < 1.29 is 12.8 Å². The van der Waals surface area contributed by atoms with E-state index >= 15 is 0 Å². The average molecular weight is 374 g/mol. The lowest BCUT2D eigenvalue weighted by atomic mass is 10.2. The summed E-state index contributed by atoms with van der Waals surface area (Å²) in [5, 5.41) is 7.56. The zero-order valence-electron chi connectivity index (χ0n) is 14.3. The van der Waals surface area contributed by atoms with Gasteiger partial charge in [-0.3, -0.25) is 5.10 Å². The van der Waals surface area contributed by atoms with Crippen molar-refractivity contribution >= 4 is 26.4 Å². The molecule has 6 nitrogen and oxygen atoms in total. The lowest BCUT2D eigenvalue weighted by Crippen LogP contribution is -2.44. The second kappa shape index (κ2) is 6.37. The largest absolute Gasteiger partial charge is 0.367 e. The first-order valence-electron chi connectivity index (χ1n) is 8.38. The zero-order chi connectivity index (χ0) is 18.3. The molecular weight excluding hydrogens is 355 g/mol. The first-order chi connectivity index (χ1) is 12.5. The topological polar surface area (TPSA) is 69.3 Å². The van der Waals surface area contributed by atoms with E-state index in [1.54, 1.807) is 6.07 Å². The Bertz CT molecular complexity index is 1040. The molecule has 2 heterocycles. The number of rotatable bonds is 3. The summed E-state index contributed by atoms with van der Waals surface area (Å²) in [5.74, 6) is -0.476. The van der Waals surface area contributed by atoms with Crippen molar-refractivity contribution in [3.63, 3.8) is 0 Å². The Labute approximate surface area is 151 Å².